The van der Waals surface area contributed by atoms with E-state index in [2.05, 4.69) is 32.2 Å². The maximum atomic E-state index is 4.27. The lowest BCUT2D eigenvalue weighted by atomic mass is 9.83. The van der Waals surface area contributed by atoms with Crippen molar-refractivity contribution < 1.29 is 0 Å². The van der Waals surface area contributed by atoms with Gasteiger partial charge in [0.25, 0.3) is 0 Å². The minimum Gasteiger partial charge on any atom is -0.370 e. The number of anilines is 1. The van der Waals surface area contributed by atoms with Gasteiger partial charge in [0.05, 0.1) is 11.9 Å². The van der Waals surface area contributed by atoms with Crippen molar-refractivity contribution in [3.05, 3.63) is 24.5 Å². The highest BCUT2D eigenvalue weighted by atomic mass is 15.2. The number of nitrogens with one attached hydrogen (secondary N) is 1. The highest BCUT2D eigenvalue weighted by Gasteiger charge is 2.37. The molecule has 3 atom stereocenters. The Bertz CT molecular complexity index is 429. The molecule has 1 aromatic heterocycles. The number of pyridine rings is 1. The molecular weight excluding hydrogens is 248 g/mol. The van der Waals surface area contributed by atoms with Crippen molar-refractivity contribution in [2.75, 3.05) is 44.2 Å². The van der Waals surface area contributed by atoms with Gasteiger partial charge in [0.1, 0.15) is 0 Å². The lowest BCUT2D eigenvalue weighted by Crippen LogP contribution is -2.55. The second-order valence-electron chi connectivity index (χ2n) is 6.68. The van der Waals surface area contributed by atoms with Gasteiger partial charge in [0.2, 0.25) is 0 Å². The van der Waals surface area contributed by atoms with Crippen molar-refractivity contribution >= 4 is 5.69 Å². The minimum atomic E-state index is 0.797. The highest BCUT2D eigenvalue weighted by molar-refractivity contribution is 5.44. The molecule has 3 aliphatic heterocycles. The van der Waals surface area contributed by atoms with Crippen LogP contribution in [0.15, 0.2) is 24.5 Å². The van der Waals surface area contributed by atoms with Crippen LogP contribution in [0.4, 0.5) is 5.69 Å². The van der Waals surface area contributed by atoms with Crippen LogP contribution in [-0.2, 0) is 0 Å². The van der Waals surface area contributed by atoms with E-state index in [1.54, 1.807) is 0 Å². The average Bonchev–Trinajstić information content (AvgIpc) is 3.01. The van der Waals surface area contributed by atoms with E-state index in [1.807, 2.05) is 12.4 Å². The van der Waals surface area contributed by atoms with Crippen LogP contribution in [0.25, 0.3) is 0 Å². The Kier molecular flexibility index (Phi) is 3.36. The highest BCUT2D eigenvalue weighted by Crippen LogP contribution is 2.32. The summed E-state index contributed by atoms with van der Waals surface area (Å²) in [6.07, 6.45) is 6.64. The normalized spacial score (nSPS) is 34.4. The number of likely N-dealkylation sites (tertiary alicyclic amines) is 1. The SMILES string of the molecule is c1cncc(N2CC3CC(C2)CN(C2CCNC2)C3)c1. The molecule has 2 bridgehead atoms. The fraction of sp³-hybridized carbons (Fsp3) is 0.688. The maximum Gasteiger partial charge on any atom is 0.0552 e. The molecular formula is C16H24N4. The molecule has 4 nitrogen and oxygen atoms in total. The summed E-state index contributed by atoms with van der Waals surface area (Å²) in [7, 11) is 0. The Labute approximate surface area is 121 Å². The Morgan fingerprint density at radius 3 is 2.65 bits per heavy atom. The molecule has 0 saturated carbocycles. The van der Waals surface area contributed by atoms with E-state index < -0.39 is 0 Å². The molecule has 108 valence electrons. The second kappa shape index (κ2) is 5.34. The molecule has 3 saturated heterocycles. The van der Waals surface area contributed by atoms with Gasteiger partial charge < -0.3 is 10.2 Å². The molecule has 4 rings (SSSR count). The molecule has 20 heavy (non-hydrogen) atoms. The van der Waals surface area contributed by atoms with E-state index in [0.717, 1.165) is 17.9 Å². The van der Waals surface area contributed by atoms with Crippen molar-refractivity contribution in [1.82, 2.24) is 15.2 Å². The van der Waals surface area contributed by atoms with Gasteiger partial charge in [-0.3, -0.25) is 9.88 Å². The lowest BCUT2D eigenvalue weighted by Gasteiger charge is -2.48. The van der Waals surface area contributed by atoms with Gasteiger partial charge in [-0.05, 0) is 43.4 Å². The molecule has 0 amide bonds. The number of hydrogen-bond acceptors (Lipinski definition) is 4. The quantitative estimate of drug-likeness (QED) is 0.877. The topological polar surface area (TPSA) is 31.4 Å². The molecule has 1 aromatic rings. The van der Waals surface area contributed by atoms with Crippen molar-refractivity contribution in [2.24, 2.45) is 11.8 Å². The summed E-state index contributed by atoms with van der Waals surface area (Å²) in [5.41, 5.74) is 1.30. The van der Waals surface area contributed by atoms with Crippen molar-refractivity contribution in [1.29, 1.82) is 0 Å². The zero-order valence-electron chi connectivity index (χ0n) is 12.0. The first-order chi connectivity index (χ1) is 9.88. The second-order valence-corrected chi connectivity index (χ2v) is 6.68. The largest absolute Gasteiger partial charge is 0.370 e. The predicted molar refractivity (Wildman–Crippen MR) is 80.9 cm³/mol. The van der Waals surface area contributed by atoms with Crippen molar-refractivity contribution in [2.45, 2.75) is 18.9 Å². The van der Waals surface area contributed by atoms with Gasteiger partial charge in [-0.1, -0.05) is 0 Å². The Hall–Kier alpha value is -1.13. The van der Waals surface area contributed by atoms with Crippen molar-refractivity contribution in [3.63, 3.8) is 0 Å². The van der Waals surface area contributed by atoms with Crippen LogP contribution in [-0.4, -0.2) is 55.2 Å². The first-order valence-electron chi connectivity index (χ1n) is 7.98. The summed E-state index contributed by atoms with van der Waals surface area (Å²) in [6, 6.07) is 5.05. The molecule has 3 aliphatic rings. The zero-order valence-corrected chi connectivity index (χ0v) is 12.0. The summed E-state index contributed by atoms with van der Waals surface area (Å²) in [5, 5.41) is 3.51. The number of fused-ring (bicyclic) bond motifs is 2. The minimum absolute atomic E-state index is 0.797. The third-order valence-corrected chi connectivity index (χ3v) is 5.17. The Morgan fingerprint density at radius 1 is 1.15 bits per heavy atom. The number of piperidine rings is 2. The van der Waals surface area contributed by atoms with Crippen LogP contribution in [0.1, 0.15) is 12.8 Å². The Morgan fingerprint density at radius 2 is 2.00 bits per heavy atom. The predicted octanol–water partition coefficient (Wildman–Crippen LogP) is 1.20. The molecule has 0 spiro atoms. The van der Waals surface area contributed by atoms with Gasteiger partial charge in [0, 0.05) is 45.0 Å². The fourth-order valence-corrected chi connectivity index (χ4v) is 4.32. The molecule has 4 heteroatoms. The van der Waals surface area contributed by atoms with Crippen molar-refractivity contribution in [3.8, 4) is 0 Å². The fourth-order valence-electron chi connectivity index (χ4n) is 4.32. The van der Waals surface area contributed by atoms with Gasteiger partial charge >= 0.3 is 0 Å². The third kappa shape index (κ3) is 2.42. The average molecular weight is 272 g/mol. The first-order valence-corrected chi connectivity index (χ1v) is 7.98. The number of aromatic nitrogens is 1. The van der Waals surface area contributed by atoms with E-state index in [-0.39, 0.29) is 0 Å². The van der Waals surface area contributed by atoms with Crippen LogP contribution in [0.3, 0.4) is 0 Å². The van der Waals surface area contributed by atoms with Crippen LogP contribution >= 0.6 is 0 Å². The molecule has 1 N–H and O–H groups in total. The summed E-state index contributed by atoms with van der Waals surface area (Å²) in [4.78, 5) is 9.59. The smallest absolute Gasteiger partial charge is 0.0552 e. The van der Waals surface area contributed by atoms with Gasteiger partial charge in [0.15, 0.2) is 0 Å². The molecule has 0 aliphatic carbocycles. The van der Waals surface area contributed by atoms with E-state index in [4.69, 9.17) is 0 Å². The molecule has 0 radical (unpaired) electrons. The van der Waals surface area contributed by atoms with E-state index in [0.29, 0.717) is 0 Å². The first kappa shape index (κ1) is 12.6. The molecule has 3 unspecified atom stereocenters. The number of hydrogen-bond donors (Lipinski definition) is 1. The van der Waals surface area contributed by atoms with Gasteiger partial charge in [-0.15, -0.1) is 0 Å². The van der Waals surface area contributed by atoms with Gasteiger partial charge in [-0.25, -0.2) is 0 Å². The molecule has 0 aromatic carbocycles. The number of nitrogens with zero attached hydrogens (tertiary/aromatic N) is 3. The zero-order chi connectivity index (χ0) is 13.4. The van der Waals surface area contributed by atoms with Crippen LogP contribution in [0.2, 0.25) is 0 Å². The standard InChI is InChI=1S/C16H24N4/c1-2-15(7-17-4-1)19-9-13-6-14(10-19)12-20(11-13)16-3-5-18-8-16/h1-2,4,7,13-14,16,18H,3,5-6,8-12H2. The van der Waals surface area contributed by atoms with E-state index >= 15 is 0 Å². The summed E-state index contributed by atoms with van der Waals surface area (Å²) in [6.45, 7) is 7.40. The van der Waals surface area contributed by atoms with Crippen LogP contribution in [0, 0.1) is 11.8 Å². The van der Waals surface area contributed by atoms with E-state index in [1.165, 1.54) is 57.8 Å². The summed E-state index contributed by atoms with van der Waals surface area (Å²) >= 11 is 0. The maximum absolute atomic E-state index is 4.27. The Balaban J connectivity index is 1.44. The summed E-state index contributed by atoms with van der Waals surface area (Å²) in [5.74, 6) is 1.67. The monoisotopic (exact) mass is 272 g/mol. The molecule has 3 fully saturated rings. The lowest BCUT2D eigenvalue weighted by molar-refractivity contribution is 0.0778. The van der Waals surface area contributed by atoms with Crippen LogP contribution < -0.4 is 10.2 Å². The van der Waals surface area contributed by atoms with Crippen LogP contribution in [0.5, 0.6) is 0 Å². The number of rotatable bonds is 2. The molecule has 4 heterocycles. The van der Waals surface area contributed by atoms with Gasteiger partial charge in [-0.2, -0.15) is 0 Å². The van der Waals surface area contributed by atoms with E-state index in [9.17, 15) is 0 Å². The summed E-state index contributed by atoms with van der Waals surface area (Å²) < 4.78 is 0. The third-order valence-electron chi connectivity index (χ3n) is 5.17.